The van der Waals surface area contributed by atoms with Gasteiger partial charge in [-0.3, -0.25) is 14.5 Å². The van der Waals surface area contributed by atoms with Crippen LogP contribution in [0.2, 0.25) is 5.02 Å². The van der Waals surface area contributed by atoms with Crippen LogP contribution in [0.3, 0.4) is 0 Å². The monoisotopic (exact) mass is 546 g/mol. The van der Waals surface area contributed by atoms with Gasteiger partial charge in [0.25, 0.3) is 5.91 Å². The summed E-state index contributed by atoms with van der Waals surface area (Å²) >= 11 is 6.16. The van der Waals surface area contributed by atoms with E-state index >= 15 is 0 Å². The lowest BCUT2D eigenvalue weighted by Gasteiger charge is -2.40. The van der Waals surface area contributed by atoms with Crippen molar-refractivity contribution in [3.05, 3.63) is 94.5 Å². The minimum absolute atomic E-state index is 0.0617. The van der Waals surface area contributed by atoms with Crippen molar-refractivity contribution in [3.8, 4) is 5.75 Å². The van der Waals surface area contributed by atoms with Crippen molar-refractivity contribution in [2.75, 3.05) is 58.3 Å². The summed E-state index contributed by atoms with van der Waals surface area (Å²) in [5, 5.41) is 3.94. The van der Waals surface area contributed by atoms with Crippen LogP contribution < -0.4 is 15.0 Å². The zero-order valence-electron chi connectivity index (χ0n) is 22.5. The highest BCUT2D eigenvalue weighted by molar-refractivity contribution is 6.30. The lowest BCUT2D eigenvalue weighted by Crippen LogP contribution is -2.47. The van der Waals surface area contributed by atoms with Gasteiger partial charge in [-0.25, -0.2) is 0 Å². The fourth-order valence-electron chi connectivity index (χ4n) is 5.70. The maximum absolute atomic E-state index is 13.7. The number of ether oxygens (including phenoxy) is 1. The van der Waals surface area contributed by atoms with Gasteiger partial charge in [-0.2, -0.15) is 0 Å². The first-order valence-corrected chi connectivity index (χ1v) is 13.8. The SMILES string of the molecule is COc1ccc(C2C(C(=O)NCCCN3CCN(c4cccc(Cl)c4)CC3)c3ccccc3C(=O)N2C)cc1. The smallest absolute Gasteiger partial charge is 0.254 e. The Morgan fingerprint density at radius 2 is 1.74 bits per heavy atom. The Balaban J connectivity index is 1.21. The molecule has 0 aromatic heterocycles. The highest BCUT2D eigenvalue weighted by Gasteiger charge is 2.42. The van der Waals surface area contributed by atoms with Crippen LogP contribution in [-0.2, 0) is 4.79 Å². The molecular weight excluding hydrogens is 512 g/mol. The van der Waals surface area contributed by atoms with Gasteiger partial charge in [0.05, 0.1) is 19.1 Å². The van der Waals surface area contributed by atoms with Gasteiger partial charge in [-0.05, 0) is 60.5 Å². The highest BCUT2D eigenvalue weighted by atomic mass is 35.5. The van der Waals surface area contributed by atoms with Gasteiger partial charge >= 0.3 is 0 Å². The van der Waals surface area contributed by atoms with Crippen LogP contribution in [0.1, 0.15) is 39.9 Å². The number of fused-ring (bicyclic) bond motifs is 1. The standard InChI is InChI=1S/C31H35ClN4O3/c1-34-29(22-11-13-25(39-2)14-12-22)28(26-9-3-4-10-27(26)31(34)38)30(37)33-15-6-16-35-17-19-36(20-18-35)24-8-5-7-23(32)21-24/h3-5,7-14,21,28-29H,6,15-20H2,1-2H3,(H,33,37). The molecule has 2 aliphatic heterocycles. The molecule has 3 aromatic carbocycles. The number of halogens is 1. The Labute approximate surface area is 235 Å². The summed E-state index contributed by atoms with van der Waals surface area (Å²) < 4.78 is 5.31. The van der Waals surface area contributed by atoms with Gasteiger partial charge in [-0.1, -0.05) is 48.0 Å². The lowest BCUT2D eigenvalue weighted by molar-refractivity contribution is -0.124. The van der Waals surface area contributed by atoms with Crippen molar-refractivity contribution in [1.29, 1.82) is 0 Å². The molecule has 39 heavy (non-hydrogen) atoms. The number of methoxy groups -OCH3 is 1. The number of carbonyl (C=O) groups is 2. The van der Waals surface area contributed by atoms with Gasteiger partial charge in [0, 0.05) is 56.0 Å². The van der Waals surface area contributed by atoms with Crippen LogP contribution in [-0.4, -0.2) is 75.0 Å². The molecule has 2 aliphatic rings. The number of nitrogens with one attached hydrogen (secondary N) is 1. The zero-order chi connectivity index (χ0) is 27.4. The van der Waals surface area contributed by atoms with E-state index in [4.69, 9.17) is 16.3 Å². The second kappa shape index (κ2) is 12.1. The number of rotatable bonds is 8. The predicted octanol–water partition coefficient (Wildman–Crippen LogP) is 4.59. The molecule has 0 saturated carbocycles. The van der Waals surface area contributed by atoms with E-state index in [1.807, 2.05) is 66.7 Å². The molecule has 1 N–H and O–H groups in total. The van der Waals surface area contributed by atoms with E-state index in [9.17, 15) is 9.59 Å². The molecule has 0 bridgehead atoms. The van der Waals surface area contributed by atoms with E-state index in [2.05, 4.69) is 21.2 Å². The largest absolute Gasteiger partial charge is 0.497 e. The van der Waals surface area contributed by atoms with Crippen molar-refractivity contribution < 1.29 is 14.3 Å². The number of amides is 2. The number of carbonyl (C=O) groups excluding carboxylic acids is 2. The first kappa shape index (κ1) is 27.0. The summed E-state index contributed by atoms with van der Waals surface area (Å²) in [6, 6.07) is 22.7. The second-order valence-corrected chi connectivity index (χ2v) is 10.6. The molecule has 2 unspecified atom stereocenters. The Bertz CT molecular complexity index is 1310. The Kier molecular flexibility index (Phi) is 8.38. The van der Waals surface area contributed by atoms with Gasteiger partial charge < -0.3 is 19.9 Å². The number of nitrogens with zero attached hydrogens (tertiary/aromatic N) is 3. The van der Waals surface area contributed by atoms with Crippen molar-refractivity contribution in [2.45, 2.75) is 18.4 Å². The number of likely N-dealkylation sites (N-methyl/N-ethyl adjacent to an activating group) is 1. The number of hydrogen-bond donors (Lipinski definition) is 1. The average molecular weight is 547 g/mol. The van der Waals surface area contributed by atoms with E-state index in [1.165, 1.54) is 0 Å². The van der Waals surface area contributed by atoms with Crippen molar-refractivity contribution in [1.82, 2.24) is 15.1 Å². The fraction of sp³-hybridized carbons (Fsp3) is 0.355. The summed E-state index contributed by atoms with van der Waals surface area (Å²) in [6.45, 7) is 5.36. The maximum atomic E-state index is 13.7. The summed E-state index contributed by atoms with van der Waals surface area (Å²) in [6.07, 6.45) is 0.860. The third-order valence-corrected chi connectivity index (χ3v) is 8.05. The van der Waals surface area contributed by atoms with Crippen LogP contribution in [0.4, 0.5) is 5.69 Å². The lowest BCUT2D eigenvalue weighted by atomic mass is 9.79. The third-order valence-electron chi connectivity index (χ3n) is 7.82. The Morgan fingerprint density at radius 1 is 1.00 bits per heavy atom. The number of anilines is 1. The van der Waals surface area contributed by atoms with Gasteiger partial charge in [0.2, 0.25) is 5.91 Å². The van der Waals surface area contributed by atoms with E-state index in [-0.39, 0.29) is 11.8 Å². The number of piperazine rings is 1. The van der Waals surface area contributed by atoms with Crippen molar-refractivity contribution in [3.63, 3.8) is 0 Å². The van der Waals surface area contributed by atoms with Gasteiger partial charge in [0.1, 0.15) is 5.75 Å². The summed E-state index contributed by atoms with van der Waals surface area (Å²) in [4.78, 5) is 33.4. The molecule has 204 valence electrons. The summed E-state index contributed by atoms with van der Waals surface area (Å²) in [7, 11) is 3.40. The molecule has 0 radical (unpaired) electrons. The van der Waals surface area contributed by atoms with Crippen LogP contribution in [0, 0.1) is 0 Å². The molecule has 5 rings (SSSR count). The highest BCUT2D eigenvalue weighted by Crippen LogP contribution is 2.42. The molecule has 7 nitrogen and oxygen atoms in total. The Hall–Kier alpha value is -3.55. The fourth-order valence-corrected chi connectivity index (χ4v) is 5.89. The third kappa shape index (κ3) is 5.89. The van der Waals surface area contributed by atoms with E-state index in [0.29, 0.717) is 12.1 Å². The molecule has 1 fully saturated rings. The number of benzene rings is 3. The molecule has 0 spiro atoms. The van der Waals surface area contributed by atoms with E-state index in [0.717, 1.165) is 66.7 Å². The predicted molar refractivity (Wildman–Crippen MR) is 155 cm³/mol. The number of hydrogen-bond acceptors (Lipinski definition) is 5. The normalized spacial score (nSPS) is 19.5. The molecule has 2 atom stereocenters. The molecule has 2 amide bonds. The van der Waals surface area contributed by atoms with Crippen LogP contribution in [0.25, 0.3) is 0 Å². The quantitative estimate of drug-likeness (QED) is 0.419. The van der Waals surface area contributed by atoms with Crippen molar-refractivity contribution in [2.24, 2.45) is 0 Å². The average Bonchev–Trinajstić information content (AvgIpc) is 2.97. The molecule has 0 aliphatic carbocycles. The second-order valence-electron chi connectivity index (χ2n) is 10.2. The minimum atomic E-state index is -0.501. The molecule has 1 saturated heterocycles. The van der Waals surface area contributed by atoms with E-state index in [1.54, 1.807) is 19.1 Å². The molecule has 2 heterocycles. The van der Waals surface area contributed by atoms with Crippen LogP contribution >= 0.6 is 11.6 Å². The van der Waals surface area contributed by atoms with Crippen LogP contribution in [0.5, 0.6) is 5.75 Å². The summed E-state index contributed by atoms with van der Waals surface area (Å²) in [5.74, 6) is 0.0951. The van der Waals surface area contributed by atoms with Crippen LogP contribution in [0.15, 0.2) is 72.8 Å². The zero-order valence-corrected chi connectivity index (χ0v) is 23.2. The first-order chi connectivity index (χ1) is 19.0. The van der Waals surface area contributed by atoms with Crippen molar-refractivity contribution >= 4 is 29.1 Å². The maximum Gasteiger partial charge on any atom is 0.254 e. The Morgan fingerprint density at radius 3 is 2.46 bits per heavy atom. The van der Waals surface area contributed by atoms with Gasteiger partial charge in [-0.15, -0.1) is 0 Å². The molecule has 8 heteroatoms. The van der Waals surface area contributed by atoms with Gasteiger partial charge in [0.15, 0.2) is 0 Å². The van der Waals surface area contributed by atoms with E-state index < -0.39 is 12.0 Å². The minimum Gasteiger partial charge on any atom is -0.497 e. The summed E-state index contributed by atoms with van der Waals surface area (Å²) in [5.41, 5.74) is 3.43. The molecular formula is C31H35ClN4O3. The molecule has 3 aromatic rings. The first-order valence-electron chi connectivity index (χ1n) is 13.5. The topological polar surface area (TPSA) is 65.1 Å².